The van der Waals surface area contributed by atoms with Crippen molar-refractivity contribution in [2.45, 2.75) is 32.1 Å². The van der Waals surface area contributed by atoms with E-state index in [4.69, 9.17) is 30.4 Å². The summed E-state index contributed by atoms with van der Waals surface area (Å²) in [5.74, 6) is -0.767. The maximum Gasteiger partial charge on any atom is 0.253 e. The van der Waals surface area contributed by atoms with Gasteiger partial charge in [0.05, 0.1) is 52.9 Å². The summed E-state index contributed by atoms with van der Waals surface area (Å²) in [5.41, 5.74) is 10.5. The Hall–Kier alpha value is -2.38. The number of imide groups is 1. The van der Waals surface area contributed by atoms with Gasteiger partial charge in [-0.1, -0.05) is 0 Å². The van der Waals surface area contributed by atoms with Gasteiger partial charge in [0.2, 0.25) is 11.8 Å². The van der Waals surface area contributed by atoms with Crippen molar-refractivity contribution in [3.63, 3.8) is 0 Å². The van der Waals surface area contributed by atoms with E-state index < -0.39 is 5.91 Å². The highest BCUT2D eigenvalue weighted by atomic mass is 16.5. The van der Waals surface area contributed by atoms with Gasteiger partial charge in [-0.25, -0.2) is 0 Å². The largest absolute Gasteiger partial charge is 0.379 e. The lowest BCUT2D eigenvalue weighted by molar-refractivity contribution is -0.141. The van der Waals surface area contributed by atoms with Crippen LogP contribution in [0, 0.1) is 11.8 Å². The average Bonchev–Trinajstić information content (AvgIpc) is 3.20. The number of carbonyl (C=O) groups excluding carboxylic acids is 4. The summed E-state index contributed by atoms with van der Waals surface area (Å²) in [6.07, 6.45) is 5.78. The second-order valence-electron chi connectivity index (χ2n) is 9.12. The molecule has 4 N–H and O–H groups in total. The molecule has 2 rings (SSSR count). The molecule has 4 amide bonds. The molecular weight excluding hydrogens is 484 g/mol. The normalized spacial score (nSPS) is 19.5. The molecule has 1 saturated carbocycles. The van der Waals surface area contributed by atoms with Crippen LogP contribution in [0.25, 0.3) is 0 Å². The molecule has 0 aromatic carbocycles. The minimum absolute atomic E-state index is 0.0673. The fourth-order valence-electron chi connectivity index (χ4n) is 4.30. The standard InChI is InChI=1S/C25H42N4O8/c26-8-12-35-16-18-37-14-10-28(9-13-36-17-15-34-11-7-22(27)30)25(33)21-3-1-20(2-4-21)19-29-23(31)5-6-24(29)32/h5-6,20-21H,1-4,7-19,26H2,(H2,27,30). The van der Waals surface area contributed by atoms with Crippen LogP contribution in [0.3, 0.4) is 0 Å². The van der Waals surface area contributed by atoms with Gasteiger partial charge in [0, 0.05) is 50.7 Å². The molecule has 37 heavy (non-hydrogen) atoms. The Morgan fingerprint density at radius 2 is 1.32 bits per heavy atom. The number of primary amides is 1. The lowest BCUT2D eigenvalue weighted by atomic mass is 9.81. The van der Waals surface area contributed by atoms with Crippen molar-refractivity contribution in [3.05, 3.63) is 12.2 Å². The predicted molar refractivity (Wildman–Crippen MR) is 134 cm³/mol. The van der Waals surface area contributed by atoms with Crippen molar-refractivity contribution in [2.24, 2.45) is 23.3 Å². The first-order valence-corrected chi connectivity index (χ1v) is 13.0. The molecule has 210 valence electrons. The van der Waals surface area contributed by atoms with E-state index in [0.29, 0.717) is 85.3 Å². The number of nitrogens with zero attached hydrogens (tertiary/aromatic N) is 2. The van der Waals surface area contributed by atoms with Gasteiger partial charge in [0.1, 0.15) is 0 Å². The van der Waals surface area contributed by atoms with Crippen LogP contribution < -0.4 is 11.5 Å². The number of hydrogen-bond acceptors (Lipinski definition) is 9. The predicted octanol–water partition coefficient (Wildman–Crippen LogP) is -0.553. The number of hydrogen-bond donors (Lipinski definition) is 2. The van der Waals surface area contributed by atoms with E-state index in [1.165, 1.54) is 17.1 Å². The molecule has 0 atom stereocenters. The van der Waals surface area contributed by atoms with Crippen molar-refractivity contribution in [1.82, 2.24) is 9.80 Å². The average molecular weight is 527 g/mol. The summed E-state index contributed by atoms with van der Waals surface area (Å²) in [6.45, 7) is 4.78. The quantitative estimate of drug-likeness (QED) is 0.156. The van der Waals surface area contributed by atoms with Crippen LogP contribution in [-0.2, 0) is 38.1 Å². The first-order chi connectivity index (χ1) is 17.9. The number of ether oxygens (including phenoxy) is 4. The molecule has 0 spiro atoms. The van der Waals surface area contributed by atoms with E-state index in [2.05, 4.69) is 0 Å². The van der Waals surface area contributed by atoms with Crippen molar-refractivity contribution >= 4 is 23.6 Å². The van der Waals surface area contributed by atoms with Crippen molar-refractivity contribution < 1.29 is 38.1 Å². The van der Waals surface area contributed by atoms with Crippen LogP contribution in [0.4, 0.5) is 0 Å². The molecule has 0 radical (unpaired) electrons. The highest BCUT2D eigenvalue weighted by Crippen LogP contribution is 2.31. The zero-order chi connectivity index (χ0) is 26.9. The molecule has 12 nitrogen and oxygen atoms in total. The summed E-state index contributed by atoms with van der Waals surface area (Å²) in [6, 6.07) is 0. The summed E-state index contributed by atoms with van der Waals surface area (Å²) in [7, 11) is 0. The summed E-state index contributed by atoms with van der Waals surface area (Å²) in [5, 5.41) is 0. The molecule has 1 heterocycles. The van der Waals surface area contributed by atoms with E-state index in [0.717, 1.165) is 12.8 Å². The van der Waals surface area contributed by atoms with Crippen LogP contribution in [0.1, 0.15) is 32.1 Å². The van der Waals surface area contributed by atoms with Crippen LogP contribution in [-0.4, -0.2) is 112 Å². The first kappa shape index (κ1) is 30.8. The van der Waals surface area contributed by atoms with E-state index in [9.17, 15) is 19.2 Å². The van der Waals surface area contributed by atoms with Crippen LogP contribution in [0.5, 0.6) is 0 Å². The van der Waals surface area contributed by atoms with Crippen molar-refractivity contribution in [1.29, 1.82) is 0 Å². The Bertz CT molecular complexity index is 737. The van der Waals surface area contributed by atoms with Gasteiger partial charge in [-0.2, -0.15) is 0 Å². The zero-order valence-electron chi connectivity index (χ0n) is 21.6. The fraction of sp³-hybridized carbons (Fsp3) is 0.760. The van der Waals surface area contributed by atoms with Gasteiger partial charge in [0.15, 0.2) is 0 Å². The third-order valence-corrected chi connectivity index (χ3v) is 6.36. The lowest BCUT2D eigenvalue weighted by Crippen LogP contribution is -2.42. The molecule has 0 saturated heterocycles. The molecule has 1 fully saturated rings. The van der Waals surface area contributed by atoms with Gasteiger partial charge >= 0.3 is 0 Å². The molecule has 0 aromatic heterocycles. The van der Waals surface area contributed by atoms with E-state index in [-0.39, 0.29) is 42.6 Å². The SMILES string of the molecule is NCCOCCOCCN(CCOCCOCCC(N)=O)C(=O)C1CCC(CN2C(=O)C=CC2=O)CC1. The third kappa shape index (κ3) is 12.1. The van der Waals surface area contributed by atoms with E-state index in [1.54, 1.807) is 4.90 Å². The first-order valence-electron chi connectivity index (χ1n) is 13.0. The minimum Gasteiger partial charge on any atom is -0.379 e. The molecule has 1 aliphatic carbocycles. The molecular formula is C25H42N4O8. The van der Waals surface area contributed by atoms with E-state index >= 15 is 0 Å². The van der Waals surface area contributed by atoms with Gasteiger partial charge < -0.3 is 35.3 Å². The summed E-state index contributed by atoms with van der Waals surface area (Å²) < 4.78 is 21.8. The van der Waals surface area contributed by atoms with Crippen LogP contribution in [0.2, 0.25) is 0 Å². The Kier molecular flexibility index (Phi) is 15.0. The highest BCUT2D eigenvalue weighted by Gasteiger charge is 2.32. The molecule has 0 bridgehead atoms. The van der Waals surface area contributed by atoms with Crippen molar-refractivity contribution in [3.8, 4) is 0 Å². The van der Waals surface area contributed by atoms with Gasteiger partial charge in [-0.3, -0.25) is 24.1 Å². The summed E-state index contributed by atoms with van der Waals surface area (Å²) in [4.78, 5) is 50.8. The molecule has 0 unspecified atom stereocenters. The van der Waals surface area contributed by atoms with Crippen LogP contribution >= 0.6 is 0 Å². The maximum atomic E-state index is 13.3. The monoisotopic (exact) mass is 526 g/mol. The number of rotatable bonds is 20. The fourth-order valence-corrected chi connectivity index (χ4v) is 4.30. The van der Waals surface area contributed by atoms with Gasteiger partial charge in [-0.05, 0) is 31.6 Å². The van der Waals surface area contributed by atoms with E-state index in [1.807, 2.05) is 0 Å². The highest BCUT2D eigenvalue weighted by molar-refractivity contribution is 6.12. The molecule has 1 aliphatic heterocycles. The Morgan fingerprint density at radius 1 is 0.811 bits per heavy atom. The second-order valence-corrected chi connectivity index (χ2v) is 9.12. The molecule has 0 aromatic rings. The Morgan fingerprint density at radius 3 is 1.84 bits per heavy atom. The maximum absolute atomic E-state index is 13.3. The van der Waals surface area contributed by atoms with Gasteiger partial charge in [-0.15, -0.1) is 0 Å². The Labute approximate surface area is 218 Å². The van der Waals surface area contributed by atoms with Gasteiger partial charge in [0.25, 0.3) is 11.8 Å². The molecule has 2 aliphatic rings. The lowest BCUT2D eigenvalue weighted by Gasteiger charge is -2.33. The minimum atomic E-state index is -0.410. The van der Waals surface area contributed by atoms with Crippen molar-refractivity contribution in [2.75, 3.05) is 79.0 Å². The zero-order valence-corrected chi connectivity index (χ0v) is 21.6. The summed E-state index contributed by atoms with van der Waals surface area (Å²) >= 11 is 0. The number of carbonyl (C=O) groups is 4. The van der Waals surface area contributed by atoms with Crippen LogP contribution in [0.15, 0.2) is 12.2 Å². The smallest absolute Gasteiger partial charge is 0.253 e. The molecule has 12 heteroatoms. The second kappa shape index (κ2) is 18.0. The topological polar surface area (TPSA) is 164 Å². The third-order valence-electron chi connectivity index (χ3n) is 6.36. The Balaban J connectivity index is 1.74. The number of amides is 4. The number of nitrogens with two attached hydrogens (primary N) is 2.